The Morgan fingerprint density at radius 3 is 2.64 bits per heavy atom. The lowest BCUT2D eigenvalue weighted by atomic mass is 10.2. The van der Waals surface area contributed by atoms with Gasteiger partial charge in [-0.3, -0.25) is 4.79 Å². The van der Waals surface area contributed by atoms with E-state index in [4.69, 9.17) is 4.42 Å². The highest BCUT2D eigenvalue weighted by Gasteiger charge is 2.41. The average Bonchev–Trinajstić information content (AvgIpc) is 3.14. The number of hydrogen-bond acceptors (Lipinski definition) is 5. The zero-order valence-electron chi connectivity index (χ0n) is 12.7. The van der Waals surface area contributed by atoms with E-state index in [1.165, 1.54) is 12.3 Å². The van der Waals surface area contributed by atoms with Crippen molar-refractivity contribution in [2.45, 2.75) is 11.4 Å². The van der Waals surface area contributed by atoms with Crippen LogP contribution in [-0.4, -0.2) is 23.6 Å². The number of fused-ring (bicyclic) bond motifs is 1. The van der Waals surface area contributed by atoms with Crippen LogP contribution in [0.25, 0.3) is 11.5 Å². The number of oxazole rings is 1. The number of carbonyl (C=O) groups excluding carboxylic acids is 1. The Labute approximate surface area is 142 Å². The van der Waals surface area contributed by atoms with Crippen molar-refractivity contribution in [3.05, 3.63) is 71.9 Å². The smallest absolute Gasteiger partial charge is 0.269 e. The van der Waals surface area contributed by atoms with Gasteiger partial charge in [-0.25, -0.2) is 22.1 Å². The number of amides is 1. The van der Waals surface area contributed by atoms with Crippen LogP contribution in [0, 0.1) is 5.82 Å². The summed E-state index contributed by atoms with van der Waals surface area (Å²) in [6.45, 7) is -0.308. The monoisotopic (exact) mass is 358 g/mol. The summed E-state index contributed by atoms with van der Waals surface area (Å²) < 4.78 is 44.6. The summed E-state index contributed by atoms with van der Waals surface area (Å²) in [6, 6.07) is 12.1. The maximum absolute atomic E-state index is 13.4. The van der Waals surface area contributed by atoms with Crippen LogP contribution in [-0.2, 0) is 16.6 Å². The summed E-state index contributed by atoms with van der Waals surface area (Å²) in [5.74, 6) is -0.900. The van der Waals surface area contributed by atoms with Crippen LogP contribution in [0.3, 0.4) is 0 Å². The van der Waals surface area contributed by atoms with Gasteiger partial charge in [-0.2, -0.15) is 0 Å². The van der Waals surface area contributed by atoms with Gasteiger partial charge < -0.3 is 4.42 Å². The molecule has 1 amide bonds. The van der Waals surface area contributed by atoms with Crippen molar-refractivity contribution in [3.8, 4) is 11.5 Å². The van der Waals surface area contributed by atoms with Crippen LogP contribution in [0.15, 0.2) is 64.0 Å². The molecule has 2 aromatic carbocycles. The number of aromatic nitrogens is 1. The first-order valence-corrected chi connectivity index (χ1v) is 8.77. The van der Waals surface area contributed by atoms with E-state index in [1.807, 2.05) is 18.2 Å². The Balaban J connectivity index is 1.66. The van der Waals surface area contributed by atoms with Crippen molar-refractivity contribution in [2.75, 3.05) is 0 Å². The van der Waals surface area contributed by atoms with Crippen LogP contribution < -0.4 is 0 Å². The zero-order valence-corrected chi connectivity index (χ0v) is 13.5. The van der Waals surface area contributed by atoms with Crippen LogP contribution in [0.2, 0.25) is 0 Å². The summed E-state index contributed by atoms with van der Waals surface area (Å²) in [5, 5.41) is 0. The molecule has 0 spiro atoms. The van der Waals surface area contributed by atoms with E-state index < -0.39 is 21.7 Å². The molecule has 4 rings (SSSR count). The number of carbonyl (C=O) groups is 1. The maximum atomic E-state index is 13.4. The third kappa shape index (κ3) is 2.51. The van der Waals surface area contributed by atoms with E-state index >= 15 is 0 Å². The number of hydrogen-bond donors (Lipinski definition) is 0. The van der Waals surface area contributed by atoms with Gasteiger partial charge in [0.05, 0.1) is 18.3 Å². The molecule has 126 valence electrons. The molecular weight excluding hydrogens is 347 g/mol. The van der Waals surface area contributed by atoms with Gasteiger partial charge >= 0.3 is 0 Å². The van der Waals surface area contributed by atoms with E-state index in [0.717, 1.165) is 17.7 Å². The molecule has 1 aliphatic heterocycles. The van der Waals surface area contributed by atoms with Gasteiger partial charge in [-0.15, -0.1) is 0 Å². The molecule has 3 aromatic rings. The molecule has 8 heteroatoms. The maximum Gasteiger partial charge on any atom is 0.269 e. The molecule has 0 N–H and O–H groups in total. The minimum Gasteiger partial charge on any atom is -0.439 e. The fourth-order valence-corrected chi connectivity index (χ4v) is 4.19. The first-order chi connectivity index (χ1) is 12.0. The third-order valence-electron chi connectivity index (χ3n) is 3.84. The first-order valence-electron chi connectivity index (χ1n) is 7.33. The van der Waals surface area contributed by atoms with Crippen molar-refractivity contribution in [1.82, 2.24) is 9.29 Å². The number of benzene rings is 2. The lowest BCUT2D eigenvalue weighted by Crippen LogP contribution is -2.29. The molecule has 6 nitrogen and oxygen atoms in total. The topological polar surface area (TPSA) is 80.5 Å². The summed E-state index contributed by atoms with van der Waals surface area (Å²) in [7, 11) is -4.12. The molecule has 0 saturated heterocycles. The molecule has 2 heterocycles. The summed E-state index contributed by atoms with van der Waals surface area (Å²) in [4.78, 5) is 16.1. The van der Waals surface area contributed by atoms with Gasteiger partial charge in [0, 0.05) is 5.56 Å². The van der Waals surface area contributed by atoms with Crippen molar-refractivity contribution in [3.63, 3.8) is 0 Å². The third-order valence-corrected chi connectivity index (χ3v) is 5.61. The number of rotatable bonds is 3. The summed E-state index contributed by atoms with van der Waals surface area (Å²) >= 11 is 0. The quantitative estimate of drug-likeness (QED) is 0.719. The minimum absolute atomic E-state index is 0.0517. The van der Waals surface area contributed by atoms with Crippen molar-refractivity contribution in [1.29, 1.82) is 0 Å². The number of nitrogens with zero attached hydrogens (tertiary/aromatic N) is 2. The molecule has 1 aliphatic rings. The number of halogens is 1. The lowest BCUT2D eigenvalue weighted by Gasteiger charge is -2.12. The van der Waals surface area contributed by atoms with Gasteiger partial charge in [-0.1, -0.05) is 18.2 Å². The Hall–Kier alpha value is -3.00. The van der Waals surface area contributed by atoms with Crippen molar-refractivity contribution >= 4 is 15.9 Å². The Morgan fingerprint density at radius 2 is 1.88 bits per heavy atom. The van der Waals surface area contributed by atoms with Crippen LogP contribution in [0.4, 0.5) is 4.39 Å². The molecule has 0 fully saturated rings. The Morgan fingerprint density at radius 1 is 1.12 bits per heavy atom. The molecule has 0 saturated carbocycles. The summed E-state index contributed by atoms with van der Waals surface area (Å²) in [6.07, 6.45) is 1.37. The molecule has 0 aliphatic carbocycles. The normalized spacial score (nSPS) is 15.4. The van der Waals surface area contributed by atoms with Gasteiger partial charge in [0.15, 0.2) is 0 Å². The molecular formula is C17H11FN2O4S. The SMILES string of the molecule is O=C1c2ccc(F)cc2S(=O)(=O)N1Cc1cnc(-c2ccccc2)o1. The molecule has 0 bridgehead atoms. The van der Waals surface area contributed by atoms with Crippen LogP contribution in [0.1, 0.15) is 16.1 Å². The molecule has 0 atom stereocenters. The Kier molecular flexibility index (Phi) is 3.43. The van der Waals surface area contributed by atoms with Gasteiger partial charge in [-0.05, 0) is 30.3 Å². The van der Waals surface area contributed by atoms with Gasteiger partial charge in [0.25, 0.3) is 15.9 Å². The van der Waals surface area contributed by atoms with Crippen LogP contribution in [0.5, 0.6) is 0 Å². The standard InChI is InChI=1S/C17H11FN2O4S/c18-12-6-7-14-15(8-12)25(22,23)20(17(14)21)10-13-9-19-16(24-13)11-4-2-1-3-5-11/h1-9H,10H2. The van der Waals surface area contributed by atoms with Crippen molar-refractivity contribution in [2.24, 2.45) is 0 Å². The molecule has 0 unspecified atom stereocenters. The van der Waals surface area contributed by atoms with E-state index in [-0.39, 0.29) is 22.8 Å². The van der Waals surface area contributed by atoms with Gasteiger partial charge in [0.2, 0.25) is 5.89 Å². The predicted molar refractivity (Wildman–Crippen MR) is 85.4 cm³/mol. The molecule has 1 aromatic heterocycles. The fourth-order valence-electron chi connectivity index (χ4n) is 2.64. The summed E-state index contributed by atoms with van der Waals surface area (Å²) in [5.41, 5.74) is 0.680. The first kappa shape index (κ1) is 15.5. The number of sulfonamides is 1. The Bertz CT molecular complexity index is 1080. The molecule has 25 heavy (non-hydrogen) atoms. The average molecular weight is 358 g/mol. The second-order valence-corrected chi connectivity index (χ2v) is 7.29. The van der Waals surface area contributed by atoms with E-state index in [9.17, 15) is 17.6 Å². The highest BCUT2D eigenvalue weighted by Crippen LogP contribution is 2.32. The van der Waals surface area contributed by atoms with E-state index in [0.29, 0.717) is 10.2 Å². The molecule has 0 radical (unpaired) electrons. The van der Waals surface area contributed by atoms with Crippen molar-refractivity contribution < 1.29 is 22.0 Å². The van der Waals surface area contributed by atoms with Gasteiger partial charge in [0.1, 0.15) is 16.5 Å². The highest BCUT2D eigenvalue weighted by molar-refractivity contribution is 7.90. The van der Waals surface area contributed by atoms with E-state index in [2.05, 4.69) is 4.98 Å². The zero-order chi connectivity index (χ0) is 17.6. The second-order valence-electron chi connectivity index (χ2n) is 5.46. The predicted octanol–water partition coefficient (Wildman–Crippen LogP) is 2.83. The largest absolute Gasteiger partial charge is 0.439 e. The lowest BCUT2D eigenvalue weighted by molar-refractivity contribution is 0.0859. The highest BCUT2D eigenvalue weighted by atomic mass is 32.2. The fraction of sp³-hybridized carbons (Fsp3) is 0.0588. The minimum atomic E-state index is -4.12. The van der Waals surface area contributed by atoms with Crippen LogP contribution >= 0.6 is 0 Å². The second kappa shape index (κ2) is 5.52. The van der Waals surface area contributed by atoms with E-state index in [1.54, 1.807) is 12.1 Å².